The Morgan fingerprint density at radius 3 is 2.43 bits per heavy atom. The SMILES string of the molecule is C=C1CC[C@@]2(OC1)OC1C[C@H]3[C@@H]4CC=C5C[C@@H](O)C[C@@H](O[C@@H]6OC[C@H](OC(=O)[C@@H](O)[C@@H](C)CC)[C@H](OC(C)=O)[C@H]6O[C@@H]6O[C@@H](C)[C@H](O)[C@@H](O)[C@H]6O)[C@]5(C)[C@H]4CC[C@]3(C)C1[C@@H]2C. The number of aliphatic hydroxyl groups excluding tert-OH is 5. The van der Waals surface area contributed by atoms with Crippen LogP contribution in [0.4, 0.5) is 0 Å². The first kappa shape index (κ1) is 45.5. The zero-order valence-electron chi connectivity index (χ0n) is 36.9. The number of fused-ring (bicyclic) bond motifs is 7. The molecular weight excluding hydrogens is 792 g/mol. The number of carbonyl (C=O) groups excluding carboxylic acids is 2. The minimum atomic E-state index is -1.73. The van der Waals surface area contributed by atoms with Gasteiger partial charge in [0.1, 0.15) is 18.3 Å². The van der Waals surface area contributed by atoms with Gasteiger partial charge in [-0.05, 0) is 80.5 Å². The Bertz CT molecular complexity index is 1680. The van der Waals surface area contributed by atoms with Crippen molar-refractivity contribution in [2.75, 3.05) is 13.2 Å². The summed E-state index contributed by atoms with van der Waals surface area (Å²) >= 11 is 0. The van der Waals surface area contributed by atoms with Crippen molar-refractivity contribution in [3.63, 3.8) is 0 Å². The first-order valence-electron chi connectivity index (χ1n) is 22.9. The third-order valence-electron chi connectivity index (χ3n) is 16.9. The lowest BCUT2D eigenvalue weighted by Gasteiger charge is -2.60. The number of ether oxygens (including phenoxy) is 8. The van der Waals surface area contributed by atoms with Gasteiger partial charge in [0, 0.05) is 31.1 Å². The quantitative estimate of drug-likeness (QED) is 0.166. The standard InChI is InChI=1S/C46H70O15/c1-9-22(3)35(49)41(53)58-32-20-54-43(40(39(32)57-25(6)47)60-42-38(52)37(51)36(50)24(5)56-42)59-33-17-27(48)16-26-10-11-28-29(45(26,33)8)13-14-44(7)30(28)18-31-34(44)23(4)46(61-31)15-12-21(2)19-55-46/h10,22-24,27-40,42-43,48-52H,2,9,11-20H2,1,3-8H3/t22-,23-,24-,27+,28+,29-,30-,31?,32-,33+,34?,35-,36-,37+,38+,39-,40+,42-,43-,44-,45-,46+/m0/s1. The van der Waals surface area contributed by atoms with Gasteiger partial charge >= 0.3 is 11.9 Å². The van der Waals surface area contributed by atoms with Gasteiger partial charge in [0.2, 0.25) is 0 Å². The highest BCUT2D eigenvalue weighted by molar-refractivity contribution is 5.75. The van der Waals surface area contributed by atoms with E-state index in [0.717, 1.165) is 49.7 Å². The summed E-state index contributed by atoms with van der Waals surface area (Å²) in [6.45, 7) is 17.7. The van der Waals surface area contributed by atoms with Crippen molar-refractivity contribution < 1.29 is 73.0 Å². The maximum atomic E-state index is 13.2. The van der Waals surface area contributed by atoms with Crippen LogP contribution in [0.15, 0.2) is 23.8 Å². The van der Waals surface area contributed by atoms with Gasteiger partial charge in [-0.15, -0.1) is 0 Å². The molecule has 8 aliphatic rings. The molecule has 15 nitrogen and oxygen atoms in total. The normalized spacial score (nSPS) is 50.4. The summed E-state index contributed by atoms with van der Waals surface area (Å²) in [6, 6.07) is 0. The summed E-state index contributed by atoms with van der Waals surface area (Å²) in [5.41, 5.74) is 1.76. The van der Waals surface area contributed by atoms with Crippen molar-refractivity contribution in [3.05, 3.63) is 23.8 Å². The molecule has 4 saturated heterocycles. The van der Waals surface area contributed by atoms with Gasteiger partial charge in [-0.1, -0.05) is 64.8 Å². The summed E-state index contributed by atoms with van der Waals surface area (Å²) in [6.07, 6.45) is -6.15. The first-order valence-corrected chi connectivity index (χ1v) is 22.9. The van der Waals surface area contributed by atoms with Crippen LogP contribution in [0.3, 0.4) is 0 Å². The molecule has 4 heterocycles. The van der Waals surface area contributed by atoms with Crippen LogP contribution >= 0.6 is 0 Å². The lowest BCUT2D eigenvalue weighted by atomic mass is 9.46. The summed E-state index contributed by atoms with van der Waals surface area (Å²) in [5, 5.41) is 54.4. The highest BCUT2D eigenvalue weighted by atomic mass is 16.8. The van der Waals surface area contributed by atoms with Gasteiger partial charge in [-0.25, -0.2) is 4.79 Å². The van der Waals surface area contributed by atoms with Crippen LogP contribution in [-0.4, -0.2) is 136 Å². The molecule has 5 N–H and O–H groups in total. The van der Waals surface area contributed by atoms with Crippen LogP contribution in [0, 0.1) is 46.3 Å². The van der Waals surface area contributed by atoms with Gasteiger partial charge < -0.3 is 63.4 Å². The molecule has 22 atom stereocenters. The second kappa shape index (κ2) is 17.1. The van der Waals surface area contributed by atoms with Gasteiger partial charge in [-0.2, -0.15) is 0 Å². The van der Waals surface area contributed by atoms with E-state index >= 15 is 0 Å². The molecule has 0 aromatic rings. The third-order valence-corrected chi connectivity index (χ3v) is 16.9. The molecule has 4 aliphatic heterocycles. The predicted octanol–water partition coefficient (Wildman–Crippen LogP) is 3.45. The van der Waals surface area contributed by atoms with Crippen molar-refractivity contribution in [1.82, 2.24) is 0 Å². The highest BCUT2D eigenvalue weighted by Gasteiger charge is 2.69. The Morgan fingerprint density at radius 2 is 1.74 bits per heavy atom. The maximum absolute atomic E-state index is 13.2. The molecule has 15 heteroatoms. The minimum Gasteiger partial charge on any atom is -0.455 e. The van der Waals surface area contributed by atoms with Crippen molar-refractivity contribution in [1.29, 1.82) is 0 Å². The number of esters is 2. The monoisotopic (exact) mass is 862 g/mol. The molecule has 0 aromatic carbocycles. The lowest BCUT2D eigenvalue weighted by molar-refractivity contribution is -0.363. The topological polar surface area (TPSA) is 209 Å². The molecule has 8 rings (SSSR count). The minimum absolute atomic E-state index is 0.0481. The molecule has 1 spiro atoms. The molecule has 3 saturated carbocycles. The Labute approximate surface area is 359 Å². The van der Waals surface area contributed by atoms with Crippen LogP contribution in [0.2, 0.25) is 0 Å². The Morgan fingerprint density at radius 1 is 0.984 bits per heavy atom. The number of rotatable bonds is 9. The largest absolute Gasteiger partial charge is 0.455 e. The van der Waals surface area contributed by atoms with Crippen LogP contribution in [-0.2, 0) is 47.5 Å². The van der Waals surface area contributed by atoms with Crippen molar-refractivity contribution >= 4 is 11.9 Å². The fraction of sp³-hybridized carbons (Fsp3) is 0.870. The Kier molecular flexibility index (Phi) is 12.8. The van der Waals surface area contributed by atoms with E-state index in [2.05, 4.69) is 33.4 Å². The van der Waals surface area contributed by atoms with Crippen molar-refractivity contribution in [2.24, 2.45) is 46.3 Å². The molecule has 0 bridgehead atoms. The fourth-order valence-corrected chi connectivity index (χ4v) is 13.3. The van der Waals surface area contributed by atoms with E-state index in [-0.39, 0.29) is 36.4 Å². The molecule has 2 unspecified atom stereocenters. The smallest absolute Gasteiger partial charge is 0.335 e. The zero-order chi connectivity index (χ0) is 43.9. The molecule has 7 fully saturated rings. The Balaban J connectivity index is 1.08. The van der Waals surface area contributed by atoms with E-state index in [0.29, 0.717) is 37.2 Å². The summed E-state index contributed by atoms with van der Waals surface area (Å²) in [7, 11) is 0. The van der Waals surface area contributed by atoms with Crippen LogP contribution in [0.5, 0.6) is 0 Å². The predicted molar refractivity (Wildman–Crippen MR) is 216 cm³/mol. The highest BCUT2D eigenvalue weighted by Crippen LogP contribution is 2.71. The molecular formula is C46H70O15. The molecule has 344 valence electrons. The number of hydrogen-bond donors (Lipinski definition) is 5. The van der Waals surface area contributed by atoms with E-state index in [9.17, 15) is 35.1 Å². The van der Waals surface area contributed by atoms with Crippen LogP contribution in [0.25, 0.3) is 0 Å². The molecule has 0 radical (unpaired) electrons. The van der Waals surface area contributed by atoms with Crippen molar-refractivity contribution in [2.45, 2.75) is 192 Å². The first-order chi connectivity index (χ1) is 28.8. The van der Waals surface area contributed by atoms with Gasteiger partial charge in [0.05, 0.1) is 37.6 Å². The molecule has 0 amide bonds. The summed E-state index contributed by atoms with van der Waals surface area (Å²) in [4.78, 5) is 26.0. The zero-order valence-corrected chi connectivity index (χ0v) is 36.9. The lowest BCUT2D eigenvalue weighted by Crippen LogP contribution is -2.64. The van der Waals surface area contributed by atoms with Crippen LogP contribution < -0.4 is 0 Å². The summed E-state index contributed by atoms with van der Waals surface area (Å²) in [5.74, 6) is -1.12. The average molecular weight is 863 g/mol. The van der Waals surface area contributed by atoms with Gasteiger partial charge in [0.25, 0.3) is 0 Å². The second-order valence-electron chi connectivity index (χ2n) is 20.3. The average Bonchev–Trinajstić information content (AvgIpc) is 3.67. The fourth-order valence-electron chi connectivity index (χ4n) is 13.3. The van der Waals surface area contributed by atoms with Crippen LogP contribution in [0.1, 0.15) is 106 Å². The Hall–Kier alpha value is -2.02. The van der Waals surface area contributed by atoms with E-state index in [1.165, 1.54) is 13.8 Å². The maximum Gasteiger partial charge on any atom is 0.335 e. The van der Waals surface area contributed by atoms with Gasteiger partial charge in [-0.3, -0.25) is 4.79 Å². The van der Waals surface area contributed by atoms with E-state index in [1.54, 1.807) is 6.92 Å². The molecule has 4 aliphatic carbocycles. The summed E-state index contributed by atoms with van der Waals surface area (Å²) < 4.78 is 50.7. The van der Waals surface area contributed by atoms with Gasteiger partial charge in [0.15, 0.2) is 42.8 Å². The number of allylic oxidation sites excluding steroid dienone is 1. The van der Waals surface area contributed by atoms with E-state index < -0.39 is 103 Å². The van der Waals surface area contributed by atoms with E-state index in [4.69, 9.17) is 37.9 Å². The number of hydrogen-bond acceptors (Lipinski definition) is 15. The van der Waals surface area contributed by atoms with E-state index in [1.807, 2.05) is 6.92 Å². The number of carbonyl (C=O) groups is 2. The molecule has 0 aromatic heterocycles. The number of aliphatic hydroxyl groups is 5. The second-order valence-corrected chi connectivity index (χ2v) is 20.3. The third kappa shape index (κ3) is 7.76. The van der Waals surface area contributed by atoms with Crippen molar-refractivity contribution in [3.8, 4) is 0 Å². The molecule has 61 heavy (non-hydrogen) atoms.